The number of rotatable bonds is 2. The molecule has 3 rings (SSSR count). The molecule has 1 aromatic heterocycles. The molecular weight excluding hydrogens is 216 g/mol. The minimum atomic E-state index is -0.172. The monoisotopic (exact) mass is 232 g/mol. The van der Waals surface area contributed by atoms with Crippen molar-refractivity contribution < 1.29 is 5.11 Å². The number of H-pyrrole nitrogens is 1. The lowest BCUT2D eigenvalue weighted by atomic mass is 10.2. The summed E-state index contributed by atoms with van der Waals surface area (Å²) in [6.07, 6.45) is 4.35. The third-order valence-electron chi connectivity index (χ3n) is 3.32. The van der Waals surface area contributed by atoms with Gasteiger partial charge in [0.2, 0.25) is 0 Å². The van der Waals surface area contributed by atoms with E-state index in [0.717, 1.165) is 43.1 Å². The summed E-state index contributed by atoms with van der Waals surface area (Å²) < 4.78 is 0. The molecule has 0 radical (unpaired) electrons. The van der Waals surface area contributed by atoms with Crippen LogP contribution in [0.15, 0.2) is 17.8 Å². The number of anilines is 1. The van der Waals surface area contributed by atoms with E-state index in [4.69, 9.17) is 0 Å². The third kappa shape index (κ3) is 1.87. The van der Waals surface area contributed by atoms with Crippen LogP contribution < -0.4 is 5.32 Å². The van der Waals surface area contributed by atoms with Crippen molar-refractivity contribution in [2.45, 2.75) is 19.1 Å². The van der Waals surface area contributed by atoms with Crippen molar-refractivity contribution in [3.8, 4) is 0 Å². The van der Waals surface area contributed by atoms with Crippen LogP contribution in [0.3, 0.4) is 0 Å². The number of fused-ring (bicyclic) bond motifs is 1. The summed E-state index contributed by atoms with van der Waals surface area (Å²) in [5.41, 5.74) is 3.97. The van der Waals surface area contributed by atoms with Gasteiger partial charge in [-0.1, -0.05) is 6.58 Å². The Morgan fingerprint density at radius 3 is 3.24 bits per heavy atom. The van der Waals surface area contributed by atoms with Gasteiger partial charge in [-0.05, 0) is 6.42 Å². The molecule has 1 saturated heterocycles. The van der Waals surface area contributed by atoms with Crippen molar-refractivity contribution in [2.24, 2.45) is 4.99 Å². The van der Waals surface area contributed by atoms with Crippen molar-refractivity contribution in [1.82, 2.24) is 9.88 Å². The van der Waals surface area contributed by atoms with Crippen LogP contribution in [-0.2, 0) is 6.54 Å². The van der Waals surface area contributed by atoms with Crippen LogP contribution in [0.1, 0.15) is 17.7 Å². The van der Waals surface area contributed by atoms with E-state index >= 15 is 0 Å². The fourth-order valence-corrected chi connectivity index (χ4v) is 2.42. The highest BCUT2D eigenvalue weighted by molar-refractivity contribution is 5.92. The van der Waals surface area contributed by atoms with Crippen LogP contribution in [0.4, 0.5) is 5.69 Å². The smallest absolute Gasteiger partial charge is 0.0931 e. The highest BCUT2D eigenvalue weighted by Crippen LogP contribution is 2.30. The molecule has 5 heteroatoms. The number of likely N-dealkylation sites (tertiary alicyclic amines) is 1. The molecule has 1 aromatic rings. The molecule has 0 amide bonds. The van der Waals surface area contributed by atoms with E-state index in [-0.39, 0.29) is 6.10 Å². The van der Waals surface area contributed by atoms with E-state index in [2.05, 4.69) is 26.8 Å². The summed E-state index contributed by atoms with van der Waals surface area (Å²) in [5, 5.41) is 12.7. The molecule has 5 nitrogen and oxygen atoms in total. The molecule has 2 aliphatic heterocycles. The van der Waals surface area contributed by atoms with Gasteiger partial charge in [-0.2, -0.15) is 0 Å². The van der Waals surface area contributed by atoms with E-state index in [9.17, 15) is 5.11 Å². The highest BCUT2D eigenvalue weighted by Gasteiger charge is 2.23. The number of nitrogens with zero attached hydrogens (tertiary/aromatic N) is 2. The minimum Gasteiger partial charge on any atom is -0.392 e. The first-order valence-corrected chi connectivity index (χ1v) is 5.83. The van der Waals surface area contributed by atoms with Gasteiger partial charge >= 0.3 is 0 Å². The summed E-state index contributed by atoms with van der Waals surface area (Å²) in [7, 11) is 0. The van der Waals surface area contributed by atoms with Gasteiger partial charge in [-0.3, -0.25) is 4.90 Å². The Kier molecular flexibility index (Phi) is 2.49. The second-order valence-electron chi connectivity index (χ2n) is 4.59. The third-order valence-corrected chi connectivity index (χ3v) is 3.32. The van der Waals surface area contributed by atoms with Crippen molar-refractivity contribution in [1.29, 1.82) is 0 Å². The maximum absolute atomic E-state index is 9.51. The largest absolute Gasteiger partial charge is 0.392 e. The zero-order valence-corrected chi connectivity index (χ0v) is 9.61. The molecule has 1 atom stereocenters. The fraction of sp³-hybridized carbons (Fsp3) is 0.417. The fourth-order valence-electron chi connectivity index (χ4n) is 2.42. The Hall–Kier alpha value is -1.59. The molecular formula is C12H16N4O. The van der Waals surface area contributed by atoms with E-state index in [1.165, 1.54) is 5.56 Å². The van der Waals surface area contributed by atoms with E-state index in [1.54, 1.807) is 6.34 Å². The number of aromatic amines is 1. The van der Waals surface area contributed by atoms with Crippen LogP contribution in [0, 0.1) is 0 Å². The quantitative estimate of drug-likeness (QED) is 0.713. The normalized spacial score (nSPS) is 23.8. The Bertz CT molecular complexity index is 477. The summed E-state index contributed by atoms with van der Waals surface area (Å²) in [6, 6.07) is 0. The molecule has 2 aliphatic rings. The Balaban J connectivity index is 1.79. The number of nitrogens with one attached hydrogen (secondary N) is 2. The molecule has 1 unspecified atom stereocenters. The predicted octanol–water partition coefficient (Wildman–Crippen LogP) is 1.01. The molecule has 0 aromatic carbocycles. The van der Waals surface area contributed by atoms with Crippen LogP contribution in [-0.4, -0.2) is 40.5 Å². The molecule has 0 saturated carbocycles. The van der Waals surface area contributed by atoms with Gasteiger partial charge in [0.05, 0.1) is 29.5 Å². The second-order valence-corrected chi connectivity index (χ2v) is 4.59. The molecule has 0 spiro atoms. The second kappa shape index (κ2) is 4.01. The number of aromatic nitrogens is 1. The Morgan fingerprint density at radius 2 is 2.47 bits per heavy atom. The number of aliphatic imine (C=N–C) groups is 1. The van der Waals surface area contributed by atoms with Gasteiger partial charge in [0.15, 0.2) is 0 Å². The van der Waals surface area contributed by atoms with Gasteiger partial charge in [0, 0.05) is 31.4 Å². The lowest BCUT2D eigenvalue weighted by molar-refractivity contribution is 0.175. The number of hydrogen-bond donors (Lipinski definition) is 3. The van der Waals surface area contributed by atoms with Crippen LogP contribution in [0.2, 0.25) is 0 Å². The molecule has 3 N–H and O–H groups in total. The SMILES string of the molecule is C=C1N=CNc2c(CN3CCC(O)C3)c[nH]c21. The van der Waals surface area contributed by atoms with E-state index in [0.29, 0.717) is 0 Å². The first-order valence-electron chi connectivity index (χ1n) is 5.83. The lowest BCUT2D eigenvalue weighted by Crippen LogP contribution is -2.22. The standard InChI is InChI=1S/C12H16N4O/c1-8-11-12(15-7-14-8)9(4-13-11)5-16-3-2-10(17)6-16/h4,7,10,13,17H,1-3,5-6H2,(H,14,15). The molecule has 17 heavy (non-hydrogen) atoms. The number of aliphatic hydroxyl groups is 1. The molecule has 0 bridgehead atoms. The van der Waals surface area contributed by atoms with Crippen LogP contribution in [0.25, 0.3) is 5.70 Å². The lowest BCUT2D eigenvalue weighted by Gasteiger charge is -2.16. The summed E-state index contributed by atoms with van der Waals surface area (Å²) in [4.78, 5) is 9.56. The predicted molar refractivity (Wildman–Crippen MR) is 67.8 cm³/mol. The highest BCUT2D eigenvalue weighted by atomic mass is 16.3. The minimum absolute atomic E-state index is 0.172. The zero-order valence-electron chi connectivity index (χ0n) is 9.61. The average molecular weight is 232 g/mol. The van der Waals surface area contributed by atoms with E-state index < -0.39 is 0 Å². The average Bonchev–Trinajstić information content (AvgIpc) is 2.88. The molecule has 90 valence electrons. The summed E-state index contributed by atoms with van der Waals surface area (Å²) >= 11 is 0. The van der Waals surface area contributed by atoms with Crippen molar-refractivity contribution in [3.05, 3.63) is 24.0 Å². The number of hydrogen-bond acceptors (Lipinski definition) is 4. The Labute approximate surface area is 99.9 Å². The summed E-state index contributed by atoms with van der Waals surface area (Å²) in [5.74, 6) is 0. The first-order chi connectivity index (χ1) is 8.24. The van der Waals surface area contributed by atoms with Gasteiger partial charge in [0.25, 0.3) is 0 Å². The van der Waals surface area contributed by atoms with Gasteiger partial charge in [-0.25, -0.2) is 4.99 Å². The molecule has 0 aliphatic carbocycles. The zero-order chi connectivity index (χ0) is 11.8. The summed E-state index contributed by atoms with van der Waals surface area (Å²) in [6.45, 7) is 6.45. The Morgan fingerprint density at radius 1 is 1.59 bits per heavy atom. The van der Waals surface area contributed by atoms with Crippen molar-refractivity contribution >= 4 is 17.7 Å². The van der Waals surface area contributed by atoms with Crippen LogP contribution in [0.5, 0.6) is 0 Å². The first kappa shape index (κ1) is 10.6. The molecule has 1 fully saturated rings. The topological polar surface area (TPSA) is 63.6 Å². The van der Waals surface area contributed by atoms with Crippen molar-refractivity contribution in [3.63, 3.8) is 0 Å². The van der Waals surface area contributed by atoms with Gasteiger partial charge < -0.3 is 15.4 Å². The molecule has 3 heterocycles. The van der Waals surface area contributed by atoms with Crippen molar-refractivity contribution in [2.75, 3.05) is 18.4 Å². The van der Waals surface area contributed by atoms with Gasteiger partial charge in [0.1, 0.15) is 0 Å². The number of β-amino-alcohol motifs (C(OH)–C–C–N with tert-alkyl or cyclic N) is 1. The maximum Gasteiger partial charge on any atom is 0.0931 e. The van der Waals surface area contributed by atoms with Crippen LogP contribution >= 0.6 is 0 Å². The van der Waals surface area contributed by atoms with Gasteiger partial charge in [-0.15, -0.1) is 0 Å². The number of aliphatic hydroxyl groups excluding tert-OH is 1. The van der Waals surface area contributed by atoms with E-state index in [1.807, 2.05) is 6.20 Å². The maximum atomic E-state index is 9.51.